The zero-order chi connectivity index (χ0) is 21.8. The van der Waals surface area contributed by atoms with Crippen LogP contribution in [-0.2, 0) is 0 Å². The van der Waals surface area contributed by atoms with Gasteiger partial charge in [0.05, 0.1) is 0 Å². The topological polar surface area (TPSA) is 40.1 Å². The molecule has 4 rings (SSSR count). The average molecular weight is 566 g/mol. The molecule has 180 valence electrons. The zero-order valence-electron chi connectivity index (χ0n) is 18.6. The standard InChI is InChI=1S/C23H33F3N4O.HI/c1-2-27-22(30-13-10-17(16-30)15-29-11-6-3-7-12-29)28-20-14-19(20)18-8-4-5-9-21(18)31-23(24,25)26;/h4-5,8-9,17,19-20H,2-3,6-7,10-16H2,1H3,(H,27,28);1H. The first-order valence-corrected chi connectivity index (χ1v) is 11.6. The van der Waals surface area contributed by atoms with E-state index in [1.165, 1.54) is 38.4 Å². The lowest BCUT2D eigenvalue weighted by molar-refractivity contribution is -0.274. The van der Waals surface area contributed by atoms with Crippen LogP contribution in [0.4, 0.5) is 13.2 Å². The van der Waals surface area contributed by atoms with Crippen molar-refractivity contribution in [2.24, 2.45) is 10.9 Å². The number of aliphatic imine (C=N–C) groups is 1. The number of rotatable bonds is 6. The third-order valence-electron chi connectivity index (χ3n) is 6.51. The number of nitrogens with zero attached hydrogens (tertiary/aromatic N) is 3. The Labute approximate surface area is 205 Å². The van der Waals surface area contributed by atoms with Crippen LogP contribution in [0.5, 0.6) is 5.75 Å². The lowest BCUT2D eigenvalue weighted by Gasteiger charge is -2.29. The molecule has 5 nitrogen and oxygen atoms in total. The van der Waals surface area contributed by atoms with Crippen molar-refractivity contribution in [3.63, 3.8) is 0 Å². The van der Waals surface area contributed by atoms with Crippen LogP contribution in [0.25, 0.3) is 0 Å². The number of likely N-dealkylation sites (tertiary alicyclic amines) is 2. The smallest absolute Gasteiger partial charge is 0.405 e. The molecule has 2 heterocycles. The summed E-state index contributed by atoms with van der Waals surface area (Å²) in [7, 11) is 0. The van der Waals surface area contributed by atoms with Gasteiger partial charge in [0.25, 0.3) is 0 Å². The molecule has 2 saturated heterocycles. The lowest BCUT2D eigenvalue weighted by Crippen LogP contribution is -2.42. The first kappa shape index (κ1) is 25.4. The number of hydrogen-bond acceptors (Lipinski definition) is 3. The SMILES string of the molecule is CCN=C(NC1CC1c1ccccc1OC(F)(F)F)N1CCC(CN2CCCCC2)C1.I. The molecular formula is C23H34F3IN4O. The Balaban J connectivity index is 0.00000289. The summed E-state index contributed by atoms with van der Waals surface area (Å²) in [4.78, 5) is 9.60. The Bertz CT molecular complexity index is 770. The molecule has 0 aromatic heterocycles. The molecule has 0 radical (unpaired) electrons. The Morgan fingerprint density at radius 2 is 1.91 bits per heavy atom. The number of ether oxygens (including phenoxy) is 1. The van der Waals surface area contributed by atoms with Gasteiger partial charge >= 0.3 is 6.36 Å². The third kappa shape index (κ3) is 6.88. The number of halogens is 4. The molecule has 3 atom stereocenters. The van der Waals surface area contributed by atoms with Gasteiger partial charge in [0.2, 0.25) is 0 Å². The van der Waals surface area contributed by atoms with Crippen molar-refractivity contribution < 1.29 is 17.9 Å². The maximum absolute atomic E-state index is 12.8. The number of hydrogen-bond donors (Lipinski definition) is 1. The molecular weight excluding hydrogens is 532 g/mol. The number of piperidine rings is 1. The maximum atomic E-state index is 12.8. The van der Waals surface area contributed by atoms with E-state index in [0.29, 0.717) is 18.0 Å². The minimum atomic E-state index is -4.68. The van der Waals surface area contributed by atoms with Crippen LogP contribution in [0.1, 0.15) is 50.5 Å². The highest BCUT2D eigenvalue weighted by Crippen LogP contribution is 2.45. The molecule has 0 bridgehead atoms. The van der Waals surface area contributed by atoms with Gasteiger partial charge in [0.1, 0.15) is 5.75 Å². The molecule has 0 spiro atoms. The number of benzene rings is 1. The van der Waals surface area contributed by atoms with Crippen LogP contribution in [-0.4, -0.2) is 67.4 Å². The summed E-state index contributed by atoms with van der Waals surface area (Å²) in [6, 6.07) is 6.55. The van der Waals surface area contributed by atoms with E-state index in [0.717, 1.165) is 38.4 Å². The number of guanidine groups is 1. The second kappa shape index (κ2) is 11.3. The van der Waals surface area contributed by atoms with Gasteiger partial charge in [-0.25, -0.2) is 0 Å². The van der Waals surface area contributed by atoms with E-state index in [9.17, 15) is 13.2 Å². The molecule has 3 fully saturated rings. The molecule has 1 N–H and O–H groups in total. The summed E-state index contributed by atoms with van der Waals surface area (Å²) >= 11 is 0. The van der Waals surface area contributed by atoms with Crippen molar-refractivity contribution in [3.8, 4) is 5.75 Å². The predicted molar refractivity (Wildman–Crippen MR) is 131 cm³/mol. The van der Waals surface area contributed by atoms with Crippen molar-refractivity contribution in [3.05, 3.63) is 29.8 Å². The van der Waals surface area contributed by atoms with Crippen LogP contribution in [0.2, 0.25) is 0 Å². The fourth-order valence-electron chi connectivity index (χ4n) is 4.94. The third-order valence-corrected chi connectivity index (χ3v) is 6.51. The van der Waals surface area contributed by atoms with E-state index in [1.807, 2.05) is 6.92 Å². The molecule has 9 heteroatoms. The van der Waals surface area contributed by atoms with Gasteiger partial charge in [0, 0.05) is 38.1 Å². The summed E-state index contributed by atoms with van der Waals surface area (Å²) in [6.45, 7) is 8.26. The fourth-order valence-corrected chi connectivity index (χ4v) is 4.94. The van der Waals surface area contributed by atoms with E-state index in [-0.39, 0.29) is 41.7 Å². The Kier molecular flexibility index (Phi) is 8.94. The van der Waals surface area contributed by atoms with Gasteiger partial charge < -0.3 is 19.9 Å². The minimum Gasteiger partial charge on any atom is -0.405 e. The molecule has 3 unspecified atom stereocenters. The van der Waals surface area contributed by atoms with Gasteiger partial charge in [-0.1, -0.05) is 24.6 Å². The predicted octanol–water partition coefficient (Wildman–Crippen LogP) is 4.83. The van der Waals surface area contributed by atoms with Crippen LogP contribution in [0.3, 0.4) is 0 Å². The minimum absolute atomic E-state index is 0. The van der Waals surface area contributed by atoms with Crippen molar-refractivity contribution in [1.82, 2.24) is 15.1 Å². The number of alkyl halides is 3. The zero-order valence-corrected chi connectivity index (χ0v) is 20.9. The summed E-state index contributed by atoms with van der Waals surface area (Å²) in [6.07, 6.45) is 1.24. The first-order chi connectivity index (χ1) is 14.9. The normalized spacial score (nSPS) is 26.6. The largest absolute Gasteiger partial charge is 0.573 e. The van der Waals surface area contributed by atoms with Crippen molar-refractivity contribution >= 4 is 29.9 Å². The molecule has 1 saturated carbocycles. The van der Waals surface area contributed by atoms with Crippen LogP contribution >= 0.6 is 24.0 Å². The first-order valence-electron chi connectivity index (χ1n) is 11.6. The van der Waals surface area contributed by atoms with E-state index in [4.69, 9.17) is 0 Å². The van der Waals surface area contributed by atoms with E-state index in [2.05, 4.69) is 24.8 Å². The van der Waals surface area contributed by atoms with E-state index < -0.39 is 6.36 Å². The molecule has 1 aliphatic carbocycles. The highest BCUT2D eigenvalue weighted by Gasteiger charge is 2.43. The van der Waals surface area contributed by atoms with Crippen LogP contribution in [0, 0.1) is 5.92 Å². The van der Waals surface area contributed by atoms with E-state index >= 15 is 0 Å². The Hall–Kier alpha value is -1.23. The average Bonchev–Trinajstić information content (AvgIpc) is 3.34. The Morgan fingerprint density at radius 3 is 2.62 bits per heavy atom. The van der Waals surface area contributed by atoms with Crippen molar-refractivity contribution in [1.29, 1.82) is 0 Å². The monoisotopic (exact) mass is 566 g/mol. The summed E-state index contributed by atoms with van der Waals surface area (Å²) < 4.78 is 42.5. The summed E-state index contributed by atoms with van der Waals surface area (Å²) in [5.74, 6) is 1.46. The highest BCUT2D eigenvalue weighted by molar-refractivity contribution is 14.0. The molecule has 2 aliphatic heterocycles. The number of para-hydroxylation sites is 1. The summed E-state index contributed by atoms with van der Waals surface area (Å²) in [5, 5.41) is 3.52. The second-order valence-electron chi connectivity index (χ2n) is 8.94. The van der Waals surface area contributed by atoms with E-state index in [1.54, 1.807) is 18.2 Å². The van der Waals surface area contributed by atoms with Gasteiger partial charge in [-0.05, 0) is 63.2 Å². The highest BCUT2D eigenvalue weighted by atomic mass is 127. The van der Waals surface area contributed by atoms with Gasteiger partial charge in [-0.3, -0.25) is 4.99 Å². The molecule has 1 aromatic carbocycles. The van der Waals surface area contributed by atoms with Gasteiger partial charge in [-0.2, -0.15) is 0 Å². The second-order valence-corrected chi connectivity index (χ2v) is 8.94. The summed E-state index contributed by atoms with van der Waals surface area (Å²) in [5.41, 5.74) is 0.609. The molecule has 1 aromatic rings. The van der Waals surface area contributed by atoms with Crippen LogP contribution < -0.4 is 10.1 Å². The van der Waals surface area contributed by atoms with Gasteiger partial charge in [-0.15, -0.1) is 37.1 Å². The van der Waals surface area contributed by atoms with Gasteiger partial charge in [0.15, 0.2) is 5.96 Å². The van der Waals surface area contributed by atoms with Crippen molar-refractivity contribution in [2.45, 2.75) is 57.3 Å². The molecule has 0 amide bonds. The lowest BCUT2D eigenvalue weighted by atomic mass is 10.1. The number of nitrogens with one attached hydrogen (secondary N) is 1. The quantitative estimate of drug-likeness (QED) is 0.304. The molecule has 3 aliphatic rings. The fraction of sp³-hybridized carbons (Fsp3) is 0.696. The Morgan fingerprint density at radius 1 is 1.16 bits per heavy atom. The van der Waals surface area contributed by atoms with Crippen molar-refractivity contribution in [2.75, 3.05) is 39.3 Å². The maximum Gasteiger partial charge on any atom is 0.573 e. The van der Waals surface area contributed by atoms with Crippen LogP contribution in [0.15, 0.2) is 29.3 Å². The molecule has 32 heavy (non-hydrogen) atoms.